The Morgan fingerprint density at radius 1 is 0.717 bits per heavy atom. The molecule has 1 spiro atoms. The van der Waals surface area contributed by atoms with Crippen LogP contribution in [-0.2, 0) is 20.9 Å². The van der Waals surface area contributed by atoms with Gasteiger partial charge in [-0.15, -0.1) is 0 Å². The highest BCUT2D eigenvalue weighted by Gasteiger charge is 2.59. The van der Waals surface area contributed by atoms with Crippen molar-refractivity contribution in [2.45, 2.75) is 43.8 Å². The number of hydrogen-bond acceptors (Lipinski definition) is 8. The minimum absolute atomic E-state index is 0.0909. The summed E-state index contributed by atoms with van der Waals surface area (Å²) in [5, 5.41) is 21.4. The summed E-state index contributed by atoms with van der Waals surface area (Å²) < 4.78 is 125. The van der Waals surface area contributed by atoms with Gasteiger partial charge in [-0.25, -0.2) is 28.1 Å². The van der Waals surface area contributed by atoms with Gasteiger partial charge in [-0.2, -0.15) is 39.5 Å². The number of halogens is 11. The molecule has 1 atom stereocenters. The van der Waals surface area contributed by atoms with Gasteiger partial charge in [0.2, 0.25) is 0 Å². The van der Waals surface area contributed by atoms with Crippen molar-refractivity contribution >= 4 is 23.7 Å². The van der Waals surface area contributed by atoms with Crippen LogP contribution < -0.4 is 4.90 Å². The lowest BCUT2D eigenvalue weighted by Crippen LogP contribution is -2.56. The zero-order valence-corrected chi connectivity index (χ0v) is 23.0. The second-order valence-electron chi connectivity index (χ2n) is 9.44. The Morgan fingerprint density at radius 2 is 1.20 bits per heavy atom. The summed E-state index contributed by atoms with van der Waals surface area (Å²) in [4.78, 5) is 43.1. The number of pyridine rings is 1. The van der Waals surface area contributed by atoms with Gasteiger partial charge in [-0.3, -0.25) is 14.9 Å². The molecular formula is C24H24F11N5O6. The van der Waals surface area contributed by atoms with Crippen LogP contribution in [0.5, 0.6) is 0 Å². The van der Waals surface area contributed by atoms with E-state index in [-0.39, 0.29) is 6.42 Å². The van der Waals surface area contributed by atoms with E-state index in [4.69, 9.17) is 29.7 Å². The van der Waals surface area contributed by atoms with Gasteiger partial charge < -0.3 is 20.2 Å². The van der Waals surface area contributed by atoms with E-state index in [1.165, 1.54) is 0 Å². The fourth-order valence-corrected chi connectivity index (χ4v) is 4.02. The molecule has 11 nitrogen and oxygen atoms in total. The molecule has 0 bridgehead atoms. The Hall–Kier alpha value is -4.37. The normalized spacial score (nSPS) is 19.4. The molecule has 46 heavy (non-hydrogen) atoms. The number of piperidine rings is 1. The fraction of sp³-hybridized carbons (Fsp3) is 0.500. The van der Waals surface area contributed by atoms with Crippen LogP contribution in [0.4, 0.5) is 54.1 Å². The molecule has 3 N–H and O–H groups in total. The maximum Gasteiger partial charge on any atom is 0.490 e. The van der Waals surface area contributed by atoms with E-state index in [9.17, 15) is 48.3 Å². The van der Waals surface area contributed by atoms with Gasteiger partial charge in [0.15, 0.2) is 0 Å². The molecule has 2 saturated heterocycles. The maximum atomic E-state index is 14.9. The van der Waals surface area contributed by atoms with Crippen LogP contribution in [0, 0.1) is 5.41 Å². The molecule has 2 aliphatic heterocycles. The van der Waals surface area contributed by atoms with Crippen molar-refractivity contribution < 1.29 is 78.0 Å². The Balaban J connectivity index is 0.000000413. The van der Waals surface area contributed by atoms with Gasteiger partial charge in [0, 0.05) is 63.9 Å². The summed E-state index contributed by atoms with van der Waals surface area (Å²) in [6.45, 7) is 2.43. The summed E-state index contributed by atoms with van der Waals surface area (Å²) in [5.41, 5.74) is 0.0923. The smallest absolute Gasteiger partial charge is 0.475 e. The molecule has 0 aromatic carbocycles. The first-order chi connectivity index (χ1) is 20.9. The highest BCUT2D eigenvalue weighted by molar-refractivity contribution is 5.73. The first-order valence-corrected chi connectivity index (χ1v) is 12.3. The monoisotopic (exact) mass is 687 g/mol. The number of anilines is 1. The number of nitrogens with zero attached hydrogens (tertiary/aromatic N) is 5. The maximum absolute atomic E-state index is 14.9. The van der Waals surface area contributed by atoms with E-state index in [0.717, 1.165) is 5.56 Å². The van der Waals surface area contributed by atoms with Crippen molar-refractivity contribution in [1.29, 1.82) is 0 Å². The summed E-state index contributed by atoms with van der Waals surface area (Å²) >= 11 is 0. The first kappa shape index (κ1) is 39.7. The lowest BCUT2D eigenvalue weighted by Gasteiger charge is -2.46. The quantitative estimate of drug-likeness (QED) is 0.390. The summed E-state index contributed by atoms with van der Waals surface area (Å²) in [6.07, 6.45) is -6.52. The number of likely N-dealkylation sites (tertiary alicyclic amines) is 1. The van der Waals surface area contributed by atoms with Crippen LogP contribution in [0.2, 0.25) is 0 Å². The topological polar surface area (TPSA) is 157 Å². The van der Waals surface area contributed by atoms with Crippen LogP contribution in [0.25, 0.3) is 0 Å². The summed E-state index contributed by atoms with van der Waals surface area (Å²) in [6, 6.07) is 3.89. The number of aliphatic carboxylic acids is 3. The van der Waals surface area contributed by atoms with E-state index in [0.29, 0.717) is 45.0 Å². The molecule has 2 aliphatic rings. The highest BCUT2D eigenvalue weighted by atomic mass is 19.4. The lowest BCUT2D eigenvalue weighted by atomic mass is 9.75. The third-order valence-electron chi connectivity index (χ3n) is 6.15. The molecule has 0 radical (unpaired) electrons. The third-order valence-corrected chi connectivity index (χ3v) is 6.15. The van der Waals surface area contributed by atoms with Gasteiger partial charge in [0.1, 0.15) is 5.82 Å². The molecule has 0 amide bonds. The minimum atomic E-state index is -5.08. The number of aromatic nitrogens is 3. The van der Waals surface area contributed by atoms with E-state index in [2.05, 4.69) is 19.9 Å². The van der Waals surface area contributed by atoms with Gasteiger partial charge in [-0.1, -0.05) is 0 Å². The number of carbonyl (C=O) groups is 3. The fourth-order valence-electron chi connectivity index (χ4n) is 4.02. The Kier molecular flexibility index (Phi) is 13.6. The molecule has 258 valence electrons. The van der Waals surface area contributed by atoms with Crippen LogP contribution in [0.15, 0.2) is 43.1 Å². The zero-order chi connectivity index (χ0) is 35.6. The molecule has 0 aliphatic carbocycles. The predicted molar refractivity (Wildman–Crippen MR) is 131 cm³/mol. The second-order valence-corrected chi connectivity index (χ2v) is 9.44. The van der Waals surface area contributed by atoms with E-state index in [1.807, 2.05) is 17.0 Å². The lowest BCUT2D eigenvalue weighted by molar-refractivity contribution is -0.193. The van der Waals surface area contributed by atoms with E-state index in [1.54, 1.807) is 31.0 Å². The van der Waals surface area contributed by atoms with Crippen LogP contribution in [-0.4, -0.2) is 104 Å². The average molecular weight is 687 g/mol. The SMILES string of the molecule is FC1(F)CCN(Cc2ccncc2)CC12CCN(c1cnccn1)C2.O=C(O)C(F)(F)F.O=C(O)C(F)(F)F.O=C(O)C(F)(F)F. The Bertz CT molecular complexity index is 1220. The van der Waals surface area contributed by atoms with Crippen molar-refractivity contribution in [3.05, 3.63) is 48.7 Å². The van der Waals surface area contributed by atoms with Gasteiger partial charge in [0.05, 0.1) is 11.6 Å². The summed E-state index contributed by atoms with van der Waals surface area (Å²) in [7, 11) is 0. The number of carboxylic acids is 3. The molecule has 0 saturated carbocycles. The molecule has 4 heterocycles. The van der Waals surface area contributed by atoms with Crippen molar-refractivity contribution in [3.63, 3.8) is 0 Å². The molecule has 2 fully saturated rings. The molecule has 4 rings (SSSR count). The Morgan fingerprint density at radius 3 is 1.61 bits per heavy atom. The van der Waals surface area contributed by atoms with Gasteiger partial charge in [0.25, 0.3) is 5.92 Å². The van der Waals surface area contributed by atoms with Crippen molar-refractivity contribution in [1.82, 2.24) is 19.9 Å². The van der Waals surface area contributed by atoms with Gasteiger partial charge >= 0.3 is 36.4 Å². The third kappa shape index (κ3) is 12.6. The number of rotatable bonds is 3. The van der Waals surface area contributed by atoms with Gasteiger partial charge in [-0.05, 0) is 24.1 Å². The minimum Gasteiger partial charge on any atom is -0.475 e. The average Bonchev–Trinajstić information content (AvgIpc) is 3.37. The molecular weight excluding hydrogens is 663 g/mol. The number of alkyl halides is 11. The molecule has 2 aromatic heterocycles. The predicted octanol–water partition coefficient (Wildman–Crippen LogP) is 4.51. The standard InChI is InChI=1S/C18H21F2N5.3C2HF3O2/c19-18(20)4-9-24(12-15-1-5-21-6-2-15)13-17(18)3-10-25(14-17)16-11-22-7-8-23-16;3*3-2(4,5)1(6)7/h1-2,5-8,11H,3-4,9-10,12-14H2;3*(H,6,7). The number of carboxylic acid groups (broad SMARTS) is 3. The first-order valence-electron chi connectivity index (χ1n) is 12.3. The zero-order valence-electron chi connectivity index (χ0n) is 23.0. The van der Waals surface area contributed by atoms with E-state index >= 15 is 0 Å². The molecule has 2 aromatic rings. The largest absolute Gasteiger partial charge is 0.490 e. The van der Waals surface area contributed by atoms with Crippen LogP contribution in [0.3, 0.4) is 0 Å². The highest BCUT2D eigenvalue weighted by Crippen LogP contribution is 2.50. The number of hydrogen-bond donors (Lipinski definition) is 3. The Labute approximate surface area is 251 Å². The van der Waals surface area contributed by atoms with Crippen molar-refractivity contribution in [2.75, 3.05) is 31.1 Å². The summed E-state index contributed by atoms with van der Waals surface area (Å²) in [5.74, 6) is -10.2. The van der Waals surface area contributed by atoms with Crippen molar-refractivity contribution in [2.24, 2.45) is 5.41 Å². The molecule has 1 unspecified atom stereocenters. The second kappa shape index (κ2) is 15.8. The van der Waals surface area contributed by atoms with Crippen LogP contribution in [0.1, 0.15) is 18.4 Å². The van der Waals surface area contributed by atoms with Crippen molar-refractivity contribution in [3.8, 4) is 0 Å². The van der Waals surface area contributed by atoms with E-state index < -0.39 is 47.8 Å². The van der Waals surface area contributed by atoms with Crippen LogP contribution >= 0.6 is 0 Å². The molecule has 22 heteroatoms.